The second-order valence-electron chi connectivity index (χ2n) is 8.49. The number of pyridine rings is 1. The highest BCUT2D eigenvalue weighted by molar-refractivity contribution is 8.13. The van der Waals surface area contributed by atoms with E-state index >= 15 is 0 Å². The summed E-state index contributed by atoms with van der Waals surface area (Å²) < 4.78 is 46.6. The van der Waals surface area contributed by atoms with Crippen LogP contribution in [-0.2, 0) is 17.5 Å². The fraction of sp³-hybridized carbons (Fsp3) is 0.321. The molecule has 0 unspecified atom stereocenters. The zero-order valence-electron chi connectivity index (χ0n) is 21.8. The maximum atomic E-state index is 13.5. The maximum absolute atomic E-state index is 13.5. The van der Waals surface area contributed by atoms with E-state index in [0.717, 1.165) is 25.6 Å². The molecule has 0 atom stereocenters. The van der Waals surface area contributed by atoms with E-state index in [1.165, 1.54) is 30.8 Å². The Bertz CT molecular complexity index is 1280. The zero-order chi connectivity index (χ0) is 27.7. The number of nitrogens with one attached hydrogen (secondary N) is 1. The number of nitrogens with zero attached hydrogens (tertiary/aromatic N) is 3. The van der Waals surface area contributed by atoms with E-state index < -0.39 is 11.7 Å². The summed E-state index contributed by atoms with van der Waals surface area (Å²) in [6, 6.07) is 14.4. The lowest BCUT2D eigenvalue weighted by molar-refractivity contribution is -0.137. The third-order valence-corrected chi connectivity index (χ3v) is 6.22. The van der Waals surface area contributed by atoms with Gasteiger partial charge < -0.3 is 10.1 Å². The molecule has 1 heterocycles. The number of hydrogen-bond acceptors (Lipinski definition) is 6. The third-order valence-electron chi connectivity index (χ3n) is 5.64. The van der Waals surface area contributed by atoms with E-state index in [2.05, 4.69) is 20.2 Å². The summed E-state index contributed by atoms with van der Waals surface area (Å²) in [7, 11) is 0. The third kappa shape index (κ3) is 8.06. The molecule has 0 aliphatic heterocycles. The lowest BCUT2D eigenvalue weighted by Gasteiger charge is -2.22. The predicted molar refractivity (Wildman–Crippen MR) is 147 cm³/mol. The first-order chi connectivity index (χ1) is 18.1. The number of halogens is 3. The molecular weight excluding hydrogens is 513 g/mol. The van der Waals surface area contributed by atoms with E-state index in [1.807, 2.05) is 13.8 Å². The minimum absolute atomic E-state index is 0.237. The van der Waals surface area contributed by atoms with Crippen LogP contribution in [0.4, 0.5) is 18.9 Å². The molecule has 0 bridgehead atoms. The summed E-state index contributed by atoms with van der Waals surface area (Å²) in [5, 5.41) is 3.08. The number of aromatic nitrogens is 1. The summed E-state index contributed by atoms with van der Waals surface area (Å²) >= 11 is 1.28. The van der Waals surface area contributed by atoms with Crippen molar-refractivity contribution in [1.82, 2.24) is 15.2 Å². The summed E-state index contributed by atoms with van der Waals surface area (Å²) in [6.45, 7) is 7.34. The molecule has 10 heteroatoms. The molecule has 0 radical (unpaired) electrons. The van der Waals surface area contributed by atoms with Crippen LogP contribution in [0.1, 0.15) is 38.3 Å². The Morgan fingerprint density at radius 3 is 2.55 bits per heavy atom. The Kier molecular flexibility index (Phi) is 10.3. The smallest absolute Gasteiger partial charge is 0.416 e. The highest BCUT2D eigenvalue weighted by atomic mass is 32.2. The van der Waals surface area contributed by atoms with Crippen LogP contribution in [0.25, 0.3) is 11.1 Å². The zero-order valence-corrected chi connectivity index (χ0v) is 22.6. The summed E-state index contributed by atoms with van der Waals surface area (Å²) in [5.74, 6) is 0.447. The van der Waals surface area contributed by atoms with Gasteiger partial charge in [-0.1, -0.05) is 43.8 Å². The number of para-hydroxylation sites is 2. The van der Waals surface area contributed by atoms with Crippen LogP contribution in [0.2, 0.25) is 0 Å². The first-order valence-electron chi connectivity index (χ1n) is 12.2. The largest absolute Gasteiger partial charge is 0.437 e. The van der Waals surface area contributed by atoms with Gasteiger partial charge in [-0.3, -0.25) is 9.69 Å². The number of amides is 1. The fourth-order valence-electron chi connectivity index (χ4n) is 3.85. The van der Waals surface area contributed by atoms with Crippen molar-refractivity contribution in [2.75, 3.05) is 19.3 Å². The normalized spacial score (nSPS) is 12.1. The number of amidine groups is 1. The molecule has 202 valence electrons. The van der Waals surface area contributed by atoms with Crippen LogP contribution < -0.4 is 10.1 Å². The molecule has 0 aliphatic carbocycles. The molecule has 0 fully saturated rings. The number of aliphatic imine (C=N–C) groups is 1. The van der Waals surface area contributed by atoms with Crippen molar-refractivity contribution in [3.05, 3.63) is 71.9 Å². The average molecular weight is 545 g/mol. The van der Waals surface area contributed by atoms with Gasteiger partial charge in [0.2, 0.25) is 11.8 Å². The summed E-state index contributed by atoms with van der Waals surface area (Å²) in [4.78, 5) is 22.4. The molecule has 3 rings (SSSR count). The summed E-state index contributed by atoms with van der Waals surface area (Å²) in [6.07, 6.45) is -0.173. The number of benzene rings is 2. The molecule has 2 aromatic carbocycles. The molecule has 0 saturated carbocycles. The van der Waals surface area contributed by atoms with Gasteiger partial charge in [-0.05, 0) is 72.8 Å². The molecule has 1 amide bonds. The van der Waals surface area contributed by atoms with Gasteiger partial charge in [0.25, 0.3) is 0 Å². The average Bonchev–Trinajstić information content (AvgIpc) is 2.88. The van der Waals surface area contributed by atoms with E-state index in [1.54, 1.807) is 48.9 Å². The molecule has 1 N–H and O–H groups in total. The van der Waals surface area contributed by atoms with Crippen molar-refractivity contribution in [2.24, 2.45) is 4.99 Å². The van der Waals surface area contributed by atoms with Crippen LogP contribution in [-0.4, -0.2) is 40.3 Å². The highest BCUT2D eigenvalue weighted by Crippen LogP contribution is 2.36. The van der Waals surface area contributed by atoms with Gasteiger partial charge in [-0.15, -0.1) is 0 Å². The number of thioether (sulfide) groups is 1. The molecule has 6 nitrogen and oxygen atoms in total. The molecular formula is C28H31F3N4O2S. The molecule has 0 spiro atoms. The quantitative estimate of drug-likeness (QED) is 0.227. The van der Waals surface area contributed by atoms with Crippen molar-refractivity contribution < 1.29 is 22.7 Å². The van der Waals surface area contributed by atoms with Crippen LogP contribution in [0, 0.1) is 0 Å². The van der Waals surface area contributed by atoms with Gasteiger partial charge in [-0.2, -0.15) is 13.2 Å². The Hall–Kier alpha value is -3.37. The van der Waals surface area contributed by atoms with E-state index in [9.17, 15) is 18.0 Å². The van der Waals surface area contributed by atoms with Crippen LogP contribution in [0.15, 0.2) is 65.8 Å². The number of ether oxygens (including phenoxy) is 1. The lowest BCUT2D eigenvalue weighted by atomic mass is 9.97. The Balaban J connectivity index is 1.99. The van der Waals surface area contributed by atoms with Crippen molar-refractivity contribution in [3.63, 3.8) is 0 Å². The number of alkyl halides is 3. The molecule has 1 aromatic heterocycles. The Morgan fingerprint density at radius 2 is 1.89 bits per heavy atom. The van der Waals surface area contributed by atoms with Crippen molar-refractivity contribution in [2.45, 2.75) is 39.9 Å². The van der Waals surface area contributed by atoms with Crippen molar-refractivity contribution in [1.29, 1.82) is 0 Å². The SMILES string of the molecule is CCCN(CC)Cc1cc(C(F)(F)F)ccc1-c1ccnc(Oc2ccccc2N=C(NC(C)=O)SC)c1. The molecule has 38 heavy (non-hydrogen) atoms. The lowest BCUT2D eigenvalue weighted by Crippen LogP contribution is -2.25. The standard InChI is InChI=1S/C28H31F3N4O2S/c1-5-15-35(6-2)18-21-16-22(28(29,30)31)11-12-23(21)20-13-14-32-26(17-20)37-25-10-8-7-9-24(25)34-27(38-4)33-19(3)36/h7-14,16-17H,5-6,15,18H2,1-4H3,(H,33,34,36). The molecule has 0 saturated heterocycles. The van der Waals surface area contributed by atoms with E-state index in [-0.39, 0.29) is 11.8 Å². The van der Waals surface area contributed by atoms with Crippen molar-refractivity contribution in [3.8, 4) is 22.8 Å². The Labute approximate surface area is 225 Å². The number of hydrogen-bond donors (Lipinski definition) is 1. The molecule has 3 aromatic rings. The first kappa shape index (κ1) is 29.2. The van der Waals surface area contributed by atoms with Gasteiger partial charge in [-0.25, -0.2) is 9.98 Å². The summed E-state index contributed by atoms with van der Waals surface area (Å²) in [5.41, 5.74) is 1.77. The number of carbonyl (C=O) groups is 1. The number of carbonyl (C=O) groups excluding carboxylic acids is 1. The minimum atomic E-state index is -4.43. The van der Waals surface area contributed by atoms with Crippen LogP contribution in [0.5, 0.6) is 11.6 Å². The van der Waals surface area contributed by atoms with E-state index in [0.29, 0.717) is 39.8 Å². The van der Waals surface area contributed by atoms with Crippen LogP contribution in [0.3, 0.4) is 0 Å². The Morgan fingerprint density at radius 1 is 1.13 bits per heavy atom. The topological polar surface area (TPSA) is 66.8 Å². The van der Waals surface area contributed by atoms with Gasteiger partial charge in [0.15, 0.2) is 10.9 Å². The highest BCUT2D eigenvalue weighted by Gasteiger charge is 2.31. The van der Waals surface area contributed by atoms with Gasteiger partial charge in [0, 0.05) is 25.7 Å². The second-order valence-corrected chi connectivity index (χ2v) is 9.29. The fourth-order valence-corrected chi connectivity index (χ4v) is 4.29. The van der Waals surface area contributed by atoms with Gasteiger partial charge in [0.1, 0.15) is 5.69 Å². The minimum Gasteiger partial charge on any atom is -0.437 e. The van der Waals surface area contributed by atoms with Gasteiger partial charge >= 0.3 is 6.18 Å². The van der Waals surface area contributed by atoms with E-state index in [4.69, 9.17) is 4.74 Å². The second kappa shape index (κ2) is 13.4. The van der Waals surface area contributed by atoms with Crippen LogP contribution >= 0.6 is 11.8 Å². The predicted octanol–water partition coefficient (Wildman–Crippen LogP) is 7.28. The first-order valence-corrected chi connectivity index (χ1v) is 13.4. The van der Waals surface area contributed by atoms with Gasteiger partial charge in [0.05, 0.1) is 5.56 Å². The monoisotopic (exact) mass is 544 g/mol. The molecule has 0 aliphatic rings. The number of rotatable bonds is 9. The van der Waals surface area contributed by atoms with Crippen molar-refractivity contribution >= 4 is 28.5 Å². The maximum Gasteiger partial charge on any atom is 0.416 e.